The Balaban J connectivity index is 1.08. The molecule has 3 heterocycles. The van der Waals surface area contributed by atoms with Crippen molar-refractivity contribution in [3.05, 3.63) is 181 Å². The highest BCUT2D eigenvalue weighted by Crippen LogP contribution is 2.43. The van der Waals surface area contributed by atoms with Crippen LogP contribution >= 0.6 is 11.3 Å². The highest BCUT2D eigenvalue weighted by molar-refractivity contribution is 7.26. The molecule has 0 saturated carbocycles. The molecule has 0 bridgehead atoms. The van der Waals surface area contributed by atoms with Gasteiger partial charge in [0.1, 0.15) is 0 Å². The number of aryl methyl sites for hydroxylation is 1. The van der Waals surface area contributed by atoms with Gasteiger partial charge in [-0.05, 0) is 101 Å². The van der Waals surface area contributed by atoms with E-state index in [2.05, 4.69) is 192 Å². The number of rotatable bonds is 4. The van der Waals surface area contributed by atoms with Crippen LogP contribution in [0.25, 0.3) is 97.4 Å². The van der Waals surface area contributed by atoms with Crippen LogP contribution in [0.2, 0.25) is 0 Å². The summed E-state index contributed by atoms with van der Waals surface area (Å²) in [6.07, 6.45) is 0. The van der Waals surface area contributed by atoms with Crippen LogP contribution < -0.4 is 0 Å². The largest absolute Gasteiger partial charge is 0.309 e. The molecule has 0 N–H and O–H groups in total. The lowest BCUT2D eigenvalue weighted by Gasteiger charge is -2.13. The summed E-state index contributed by atoms with van der Waals surface area (Å²) in [6.45, 7) is 2.23. The van der Waals surface area contributed by atoms with Crippen molar-refractivity contribution < 1.29 is 0 Å². The summed E-state index contributed by atoms with van der Waals surface area (Å²) in [5.41, 5.74) is 13.5. The molecule has 3 heteroatoms. The van der Waals surface area contributed by atoms with E-state index in [1.807, 2.05) is 11.3 Å². The Bertz CT molecular complexity index is 3190. The van der Waals surface area contributed by atoms with Gasteiger partial charge in [0.25, 0.3) is 0 Å². The van der Waals surface area contributed by atoms with Gasteiger partial charge in [-0.1, -0.05) is 109 Å². The quantitative estimate of drug-likeness (QED) is 0.175. The van der Waals surface area contributed by atoms with E-state index in [4.69, 9.17) is 0 Å². The van der Waals surface area contributed by atoms with E-state index >= 15 is 0 Å². The van der Waals surface area contributed by atoms with Crippen molar-refractivity contribution >= 4 is 75.1 Å². The number of hydrogen-bond donors (Lipinski definition) is 0. The average Bonchev–Trinajstić information content (AvgIpc) is 3.86. The van der Waals surface area contributed by atoms with Crippen molar-refractivity contribution in [1.29, 1.82) is 0 Å². The van der Waals surface area contributed by atoms with Gasteiger partial charge < -0.3 is 9.13 Å². The van der Waals surface area contributed by atoms with Crippen molar-refractivity contribution in [1.82, 2.24) is 9.13 Å². The van der Waals surface area contributed by atoms with E-state index in [1.54, 1.807) is 0 Å². The van der Waals surface area contributed by atoms with Crippen LogP contribution in [0, 0.1) is 6.92 Å². The topological polar surface area (TPSA) is 9.86 Å². The zero-order chi connectivity index (χ0) is 34.3. The number of benzene rings is 8. The number of fused-ring (bicyclic) bond motifs is 9. The average molecular weight is 681 g/mol. The van der Waals surface area contributed by atoms with E-state index in [0.29, 0.717) is 0 Å². The lowest BCUT2D eigenvalue weighted by Crippen LogP contribution is -1.96. The number of para-hydroxylation sites is 3. The first-order valence-corrected chi connectivity index (χ1v) is 18.7. The number of hydrogen-bond acceptors (Lipinski definition) is 1. The molecule has 0 fully saturated rings. The van der Waals surface area contributed by atoms with Gasteiger partial charge in [0.15, 0.2) is 0 Å². The molecule has 0 aliphatic carbocycles. The summed E-state index contributed by atoms with van der Waals surface area (Å²) < 4.78 is 7.50. The Kier molecular flexibility index (Phi) is 6.37. The summed E-state index contributed by atoms with van der Waals surface area (Å²) >= 11 is 1.89. The number of aromatic nitrogens is 2. The maximum atomic E-state index is 2.44. The van der Waals surface area contributed by atoms with Gasteiger partial charge in [-0.15, -0.1) is 11.3 Å². The predicted octanol–water partition coefficient (Wildman–Crippen LogP) is 13.9. The molecule has 3 aromatic heterocycles. The van der Waals surface area contributed by atoms with Gasteiger partial charge in [-0.25, -0.2) is 0 Å². The highest BCUT2D eigenvalue weighted by Gasteiger charge is 2.18. The molecule has 2 nitrogen and oxygen atoms in total. The van der Waals surface area contributed by atoms with Crippen LogP contribution in [-0.4, -0.2) is 9.13 Å². The maximum Gasteiger partial charge on any atom is 0.0541 e. The highest BCUT2D eigenvalue weighted by atomic mass is 32.1. The summed E-state index contributed by atoms with van der Waals surface area (Å²) in [5, 5.41) is 7.71. The third-order valence-corrected chi connectivity index (χ3v) is 12.1. The molecule has 0 atom stereocenters. The first kappa shape index (κ1) is 29.3. The van der Waals surface area contributed by atoms with E-state index in [0.717, 1.165) is 0 Å². The first-order valence-electron chi connectivity index (χ1n) is 17.9. The van der Waals surface area contributed by atoms with Crippen LogP contribution in [0.1, 0.15) is 5.56 Å². The second-order valence-electron chi connectivity index (χ2n) is 13.8. The van der Waals surface area contributed by atoms with Gasteiger partial charge in [-0.2, -0.15) is 0 Å². The minimum atomic E-state index is 1.17. The molecule has 11 rings (SSSR count). The molecule has 0 spiro atoms. The van der Waals surface area contributed by atoms with Crippen LogP contribution in [0.5, 0.6) is 0 Å². The molecular weight excluding hydrogens is 649 g/mol. The molecule has 0 unspecified atom stereocenters. The summed E-state index contributed by atoms with van der Waals surface area (Å²) in [5.74, 6) is 0. The van der Waals surface area contributed by atoms with Gasteiger partial charge >= 0.3 is 0 Å². The normalized spacial score (nSPS) is 11.9. The second-order valence-corrected chi connectivity index (χ2v) is 14.8. The van der Waals surface area contributed by atoms with Gasteiger partial charge in [-0.3, -0.25) is 0 Å². The molecule has 0 aliphatic rings. The van der Waals surface area contributed by atoms with Crippen molar-refractivity contribution in [3.63, 3.8) is 0 Å². The van der Waals surface area contributed by atoms with Crippen LogP contribution in [-0.2, 0) is 0 Å². The smallest absolute Gasteiger partial charge is 0.0541 e. The fraction of sp³-hybridized carbons (Fsp3) is 0.0204. The second kappa shape index (κ2) is 11.3. The summed E-state index contributed by atoms with van der Waals surface area (Å²) in [6, 6.07) is 64.7. The first-order chi connectivity index (χ1) is 25.7. The zero-order valence-electron chi connectivity index (χ0n) is 28.5. The lowest BCUT2D eigenvalue weighted by atomic mass is 9.98. The monoisotopic (exact) mass is 680 g/mol. The summed E-state index contributed by atoms with van der Waals surface area (Å²) in [7, 11) is 0. The number of nitrogens with zero attached hydrogens (tertiary/aromatic N) is 2. The minimum absolute atomic E-state index is 1.17. The standard InChI is InChI=1S/C49H32N2S/c1-31-22-25-35(30-41(31)40-18-11-17-39-38-16-7-10-21-48(38)52-49(39)40)51-45-20-9-6-15-37(45)43-29-33(24-27-47(43)51)32-23-26-46-42(28-32)36-14-5-8-19-44(36)50(46)34-12-3-2-4-13-34/h2-30H,1H3. The van der Waals surface area contributed by atoms with E-state index < -0.39 is 0 Å². The molecule has 8 aromatic carbocycles. The fourth-order valence-corrected chi connectivity index (χ4v) is 9.67. The van der Waals surface area contributed by atoms with Crippen molar-refractivity contribution in [2.75, 3.05) is 0 Å². The third-order valence-electron chi connectivity index (χ3n) is 10.9. The zero-order valence-corrected chi connectivity index (χ0v) is 29.4. The Morgan fingerprint density at radius 2 is 0.923 bits per heavy atom. The molecule has 0 amide bonds. The molecule has 244 valence electrons. The van der Waals surface area contributed by atoms with Crippen LogP contribution in [0.4, 0.5) is 0 Å². The molecule has 11 aromatic rings. The summed E-state index contributed by atoms with van der Waals surface area (Å²) in [4.78, 5) is 0. The van der Waals surface area contributed by atoms with E-state index in [1.165, 1.54) is 103 Å². The van der Waals surface area contributed by atoms with Gasteiger partial charge in [0.05, 0.1) is 22.1 Å². The lowest BCUT2D eigenvalue weighted by molar-refractivity contribution is 1.18. The SMILES string of the molecule is Cc1ccc(-n2c3ccccc3c3cc(-c4ccc5c(c4)c4ccccc4n5-c4ccccc4)ccc32)cc1-c1cccc2c1sc1ccccc12. The Labute approximate surface area is 305 Å². The Morgan fingerprint density at radius 3 is 1.62 bits per heavy atom. The molecule has 0 saturated heterocycles. The predicted molar refractivity (Wildman–Crippen MR) is 224 cm³/mol. The third kappa shape index (κ3) is 4.30. The van der Waals surface area contributed by atoms with Crippen LogP contribution in [0.3, 0.4) is 0 Å². The maximum absolute atomic E-state index is 2.44. The van der Waals surface area contributed by atoms with Crippen molar-refractivity contribution in [2.24, 2.45) is 0 Å². The van der Waals surface area contributed by atoms with Crippen molar-refractivity contribution in [3.8, 4) is 33.6 Å². The molecule has 0 aliphatic heterocycles. The molecule has 52 heavy (non-hydrogen) atoms. The minimum Gasteiger partial charge on any atom is -0.309 e. The number of thiophene rings is 1. The van der Waals surface area contributed by atoms with E-state index in [-0.39, 0.29) is 0 Å². The van der Waals surface area contributed by atoms with Crippen molar-refractivity contribution in [2.45, 2.75) is 6.92 Å². The van der Waals surface area contributed by atoms with Gasteiger partial charge in [0.2, 0.25) is 0 Å². The van der Waals surface area contributed by atoms with E-state index in [9.17, 15) is 0 Å². The Hall–Kier alpha value is -6.42. The molecular formula is C49H32N2S. The fourth-order valence-electron chi connectivity index (χ4n) is 8.44. The van der Waals surface area contributed by atoms with Crippen LogP contribution in [0.15, 0.2) is 176 Å². The Morgan fingerprint density at radius 1 is 0.365 bits per heavy atom. The molecule has 0 radical (unpaired) electrons. The van der Waals surface area contributed by atoms with Gasteiger partial charge in [0, 0.05) is 53.1 Å².